The van der Waals surface area contributed by atoms with Gasteiger partial charge in [0, 0.05) is 35.1 Å². The molecular weight excluding hydrogens is 266 g/mol. The minimum absolute atomic E-state index is 0.103. The van der Waals surface area contributed by atoms with E-state index in [1.807, 2.05) is 13.0 Å². The predicted octanol–water partition coefficient (Wildman–Crippen LogP) is 4.44. The van der Waals surface area contributed by atoms with E-state index in [4.69, 9.17) is 0 Å². The third-order valence-electron chi connectivity index (χ3n) is 3.70. The number of non-ortho nitro benzene ring substituents is 1. The van der Waals surface area contributed by atoms with Crippen LogP contribution in [-0.2, 0) is 0 Å². The molecule has 0 bridgehead atoms. The van der Waals surface area contributed by atoms with Crippen molar-refractivity contribution in [2.75, 3.05) is 5.32 Å². The van der Waals surface area contributed by atoms with Gasteiger partial charge in [-0.1, -0.05) is 20.3 Å². The molecule has 0 spiro atoms. The Kier molecular flexibility index (Phi) is 4.73. The van der Waals surface area contributed by atoms with Crippen molar-refractivity contribution in [2.45, 2.75) is 46.1 Å². The molecule has 2 rings (SSSR count). The van der Waals surface area contributed by atoms with Crippen molar-refractivity contribution in [3.8, 4) is 0 Å². The van der Waals surface area contributed by atoms with Gasteiger partial charge in [0.05, 0.1) is 10.3 Å². The molecule has 0 saturated carbocycles. The van der Waals surface area contributed by atoms with Gasteiger partial charge in [-0.25, -0.2) is 0 Å². The standard InChI is InChI=1S/C16H21N3O2/c1-4-6-12(5-2)18-15-7-8-16(19(20)21)14-10-17-11(3)9-13(14)15/h7-10,12,18H,4-6H2,1-3H3. The SMILES string of the molecule is CCCC(CC)Nc1ccc([N+](=O)[O-])c2cnc(C)cc12. The van der Waals surface area contributed by atoms with Gasteiger partial charge < -0.3 is 5.32 Å². The zero-order valence-electron chi connectivity index (χ0n) is 12.7. The number of hydrogen-bond acceptors (Lipinski definition) is 4. The van der Waals surface area contributed by atoms with Crippen LogP contribution in [-0.4, -0.2) is 15.9 Å². The summed E-state index contributed by atoms with van der Waals surface area (Å²) in [4.78, 5) is 15.0. The smallest absolute Gasteiger partial charge is 0.278 e. The summed E-state index contributed by atoms with van der Waals surface area (Å²) in [6, 6.07) is 5.65. The molecule has 0 aliphatic rings. The summed E-state index contributed by atoms with van der Waals surface area (Å²) in [5.41, 5.74) is 1.91. The van der Waals surface area contributed by atoms with Crippen LogP contribution < -0.4 is 5.32 Å². The average Bonchev–Trinajstić information content (AvgIpc) is 2.46. The van der Waals surface area contributed by atoms with Gasteiger partial charge in [-0.3, -0.25) is 15.1 Å². The Morgan fingerprint density at radius 2 is 2.10 bits per heavy atom. The Labute approximate surface area is 124 Å². The summed E-state index contributed by atoms with van der Waals surface area (Å²) in [6.45, 7) is 6.20. The number of nitrogens with zero attached hydrogens (tertiary/aromatic N) is 2. The van der Waals surface area contributed by atoms with Gasteiger partial charge in [-0.05, 0) is 31.9 Å². The maximum atomic E-state index is 11.1. The Hall–Kier alpha value is -2.17. The Morgan fingerprint density at radius 3 is 2.71 bits per heavy atom. The molecular formula is C16H21N3O2. The molecule has 0 aliphatic heterocycles. The summed E-state index contributed by atoms with van der Waals surface area (Å²) in [5.74, 6) is 0. The van der Waals surface area contributed by atoms with Crippen LogP contribution in [0.25, 0.3) is 10.8 Å². The number of benzene rings is 1. The first-order valence-electron chi connectivity index (χ1n) is 7.37. The largest absolute Gasteiger partial charge is 0.382 e. The summed E-state index contributed by atoms with van der Waals surface area (Å²) in [6.07, 6.45) is 4.81. The lowest BCUT2D eigenvalue weighted by Gasteiger charge is -2.19. The van der Waals surface area contributed by atoms with E-state index in [2.05, 4.69) is 24.1 Å². The van der Waals surface area contributed by atoms with Gasteiger partial charge in [-0.15, -0.1) is 0 Å². The van der Waals surface area contributed by atoms with E-state index in [9.17, 15) is 10.1 Å². The van der Waals surface area contributed by atoms with Crippen LogP contribution in [0.4, 0.5) is 11.4 Å². The number of hydrogen-bond donors (Lipinski definition) is 1. The molecule has 0 radical (unpaired) electrons. The van der Waals surface area contributed by atoms with Gasteiger partial charge in [-0.2, -0.15) is 0 Å². The third kappa shape index (κ3) is 3.29. The minimum atomic E-state index is -0.355. The third-order valence-corrected chi connectivity index (χ3v) is 3.70. The topological polar surface area (TPSA) is 68.1 Å². The summed E-state index contributed by atoms with van der Waals surface area (Å²) in [7, 11) is 0. The van der Waals surface area contributed by atoms with Crippen LogP contribution in [0.1, 0.15) is 38.8 Å². The molecule has 0 fully saturated rings. The second-order valence-corrected chi connectivity index (χ2v) is 5.30. The summed E-state index contributed by atoms with van der Waals surface area (Å²) < 4.78 is 0. The Bertz CT molecular complexity index is 655. The number of aromatic nitrogens is 1. The van der Waals surface area contributed by atoms with E-state index in [1.54, 1.807) is 18.3 Å². The highest BCUT2D eigenvalue weighted by molar-refractivity contribution is 5.99. The van der Waals surface area contributed by atoms with Gasteiger partial charge in [0.25, 0.3) is 5.69 Å². The van der Waals surface area contributed by atoms with Crippen molar-refractivity contribution in [1.29, 1.82) is 0 Å². The number of nitrogens with one attached hydrogen (secondary N) is 1. The molecule has 5 heteroatoms. The highest BCUT2D eigenvalue weighted by atomic mass is 16.6. The fraction of sp³-hybridized carbons (Fsp3) is 0.438. The van der Waals surface area contributed by atoms with E-state index in [1.165, 1.54) is 0 Å². The highest BCUT2D eigenvalue weighted by Gasteiger charge is 2.16. The van der Waals surface area contributed by atoms with E-state index in [0.717, 1.165) is 36.0 Å². The van der Waals surface area contributed by atoms with Crippen LogP contribution in [0, 0.1) is 17.0 Å². The van der Waals surface area contributed by atoms with Crippen molar-refractivity contribution in [3.63, 3.8) is 0 Å². The zero-order chi connectivity index (χ0) is 15.4. The number of anilines is 1. The maximum absolute atomic E-state index is 11.1. The Balaban J connectivity index is 2.51. The van der Waals surface area contributed by atoms with E-state index < -0.39 is 0 Å². The first-order chi connectivity index (χ1) is 10.1. The van der Waals surface area contributed by atoms with E-state index in [-0.39, 0.29) is 10.6 Å². The Morgan fingerprint density at radius 1 is 1.33 bits per heavy atom. The predicted molar refractivity (Wildman–Crippen MR) is 85.7 cm³/mol. The van der Waals surface area contributed by atoms with Crippen LogP contribution in [0.5, 0.6) is 0 Å². The lowest BCUT2D eigenvalue weighted by molar-refractivity contribution is -0.383. The second kappa shape index (κ2) is 6.52. The van der Waals surface area contributed by atoms with Crippen LogP contribution in [0.15, 0.2) is 24.4 Å². The van der Waals surface area contributed by atoms with Crippen molar-refractivity contribution in [1.82, 2.24) is 4.98 Å². The highest BCUT2D eigenvalue weighted by Crippen LogP contribution is 2.32. The number of nitro benzene ring substituents is 1. The first kappa shape index (κ1) is 15.2. The molecule has 1 N–H and O–H groups in total. The average molecular weight is 287 g/mol. The van der Waals surface area contributed by atoms with Crippen molar-refractivity contribution < 1.29 is 4.92 Å². The normalized spacial score (nSPS) is 12.3. The van der Waals surface area contributed by atoms with Crippen molar-refractivity contribution in [3.05, 3.63) is 40.2 Å². The molecule has 112 valence electrons. The molecule has 1 unspecified atom stereocenters. The fourth-order valence-electron chi connectivity index (χ4n) is 2.56. The van der Waals surface area contributed by atoms with Gasteiger partial charge in [0.1, 0.15) is 0 Å². The summed E-state index contributed by atoms with van der Waals surface area (Å²) >= 11 is 0. The number of aryl methyl sites for hydroxylation is 1. The lowest BCUT2D eigenvalue weighted by Crippen LogP contribution is -2.18. The molecule has 2 aromatic rings. The minimum Gasteiger partial charge on any atom is -0.382 e. The second-order valence-electron chi connectivity index (χ2n) is 5.30. The number of rotatable bonds is 6. The molecule has 1 atom stereocenters. The molecule has 1 aromatic carbocycles. The number of nitro groups is 1. The molecule has 1 heterocycles. The quantitative estimate of drug-likeness (QED) is 0.630. The molecule has 1 aromatic heterocycles. The summed E-state index contributed by atoms with van der Waals surface area (Å²) in [5, 5.41) is 16.1. The van der Waals surface area contributed by atoms with Crippen LogP contribution >= 0.6 is 0 Å². The van der Waals surface area contributed by atoms with Crippen LogP contribution in [0.2, 0.25) is 0 Å². The number of pyridine rings is 1. The molecule has 0 saturated heterocycles. The van der Waals surface area contributed by atoms with Crippen LogP contribution in [0.3, 0.4) is 0 Å². The first-order valence-corrected chi connectivity index (χ1v) is 7.37. The molecule has 0 aliphatic carbocycles. The van der Waals surface area contributed by atoms with Crippen molar-refractivity contribution >= 4 is 22.1 Å². The molecule has 5 nitrogen and oxygen atoms in total. The lowest BCUT2D eigenvalue weighted by atomic mass is 10.1. The maximum Gasteiger partial charge on any atom is 0.278 e. The fourth-order valence-corrected chi connectivity index (χ4v) is 2.56. The van der Waals surface area contributed by atoms with Gasteiger partial charge in [0.15, 0.2) is 0 Å². The van der Waals surface area contributed by atoms with E-state index >= 15 is 0 Å². The van der Waals surface area contributed by atoms with Gasteiger partial charge >= 0.3 is 0 Å². The molecule has 0 amide bonds. The van der Waals surface area contributed by atoms with Gasteiger partial charge in [0.2, 0.25) is 0 Å². The van der Waals surface area contributed by atoms with Crippen molar-refractivity contribution in [2.24, 2.45) is 0 Å². The van der Waals surface area contributed by atoms with E-state index in [0.29, 0.717) is 11.4 Å². The monoisotopic (exact) mass is 287 g/mol. The molecule has 21 heavy (non-hydrogen) atoms. The number of fused-ring (bicyclic) bond motifs is 1. The zero-order valence-corrected chi connectivity index (χ0v) is 12.7.